The van der Waals surface area contributed by atoms with Crippen LogP contribution in [0.4, 0.5) is 5.82 Å². The summed E-state index contributed by atoms with van der Waals surface area (Å²) in [5.41, 5.74) is 3.69. The van der Waals surface area contributed by atoms with Crippen LogP contribution in [0.2, 0.25) is 0 Å². The number of carbonyl (C=O) groups is 1. The largest absolute Gasteiger partial charge is 0.477 e. The van der Waals surface area contributed by atoms with Gasteiger partial charge in [-0.05, 0) is 25.0 Å². The molecule has 6 nitrogen and oxygen atoms in total. The molecule has 122 valence electrons. The Labute approximate surface area is 139 Å². The minimum atomic E-state index is -1.09. The number of rotatable bonds is 5. The lowest BCUT2D eigenvalue weighted by Crippen LogP contribution is -2.06. The summed E-state index contributed by atoms with van der Waals surface area (Å²) in [5, 5.41) is 16.4. The molecule has 0 saturated carbocycles. The molecule has 0 aliphatic heterocycles. The van der Waals surface area contributed by atoms with Crippen molar-refractivity contribution in [2.45, 2.75) is 20.4 Å². The predicted octanol–water partition coefficient (Wildman–Crippen LogP) is 3.66. The lowest BCUT2D eigenvalue weighted by molar-refractivity contribution is 0.0698. The highest BCUT2D eigenvalue weighted by Gasteiger charge is 2.23. The molecule has 0 spiro atoms. The molecule has 0 unspecified atom stereocenters. The van der Waals surface area contributed by atoms with Crippen LogP contribution >= 0.6 is 0 Å². The summed E-state index contributed by atoms with van der Waals surface area (Å²) in [4.78, 5) is 15.9. The molecule has 0 amide bonds. The first-order chi connectivity index (χ1) is 11.6. The van der Waals surface area contributed by atoms with Crippen molar-refractivity contribution in [3.63, 3.8) is 0 Å². The second kappa shape index (κ2) is 6.54. The van der Waals surface area contributed by atoms with Crippen molar-refractivity contribution in [1.82, 2.24) is 10.1 Å². The summed E-state index contributed by atoms with van der Waals surface area (Å²) in [6.07, 6.45) is 1.76. The van der Waals surface area contributed by atoms with Gasteiger partial charge in [0, 0.05) is 24.0 Å². The summed E-state index contributed by atoms with van der Waals surface area (Å²) < 4.78 is 5.27. The van der Waals surface area contributed by atoms with Crippen molar-refractivity contribution in [2.75, 3.05) is 5.32 Å². The van der Waals surface area contributed by atoms with Gasteiger partial charge in [-0.2, -0.15) is 0 Å². The molecule has 2 heterocycles. The molecule has 0 aliphatic rings. The smallest absolute Gasteiger partial charge is 0.343 e. The van der Waals surface area contributed by atoms with Crippen molar-refractivity contribution in [1.29, 1.82) is 0 Å². The second-order valence-electron chi connectivity index (χ2n) is 5.51. The van der Waals surface area contributed by atoms with Gasteiger partial charge in [-0.1, -0.05) is 41.6 Å². The molecule has 3 rings (SSSR count). The van der Waals surface area contributed by atoms with E-state index in [1.165, 1.54) is 0 Å². The Bertz CT molecular complexity index is 872. The number of aryl methyl sites for hydroxylation is 2. The summed E-state index contributed by atoms with van der Waals surface area (Å²) in [5.74, 6) is -0.640. The molecule has 3 aromatic rings. The van der Waals surface area contributed by atoms with Crippen molar-refractivity contribution < 1.29 is 14.4 Å². The van der Waals surface area contributed by atoms with E-state index in [0.717, 1.165) is 16.8 Å². The zero-order chi connectivity index (χ0) is 17.1. The molecule has 0 saturated heterocycles. The number of pyridine rings is 1. The highest BCUT2D eigenvalue weighted by atomic mass is 16.5. The predicted molar refractivity (Wildman–Crippen MR) is 89.9 cm³/mol. The van der Waals surface area contributed by atoms with Crippen LogP contribution in [-0.4, -0.2) is 21.2 Å². The van der Waals surface area contributed by atoms with Crippen LogP contribution in [0.25, 0.3) is 11.3 Å². The van der Waals surface area contributed by atoms with Gasteiger partial charge in [0.15, 0.2) is 17.1 Å². The van der Waals surface area contributed by atoms with Crippen molar-refractivity contribution in [3.05, 3.63) is 65.0 Å². The van der Waals surface area contributed by atoms with Crippen LogP contribution in [0.15, 0.2) is 47.1 Å². The van der Waals surface area contributed by atoms with Crippen LogP contribution in [0.3, 0.4) is 0 Å². The minimum Gasteiger partial charge on any atom is -0.477 e. The molecule has 0 atom stereocenters. The number of aromatic carboxylic acids is 1. The van der Waals surface area contributed by atoms with Crippen LogP contribution < -0.4 is 5.32 Å². The number of benzene rings is 1. The van der Waals surface area contributed by atoms with E-state index in [0.29, 0.717) is 12.1 Å². The Morgan fingerprint density at radius 3 is 2.67 bits per heavy atom. The number of nitrogens with one attached hydrogen (secondary N) is 1. The van der Waals surface area contributed by atoms with E-state index < -0.39 is 5.97 Å². The Morgan fingerprint density at radius 2 is 2.00 bits per heavy atom. The van der Waals surface area contributed by atoms with E-state index in [-0.39, 0.29) is 17.1 Å². The molecule has 1 aromatic carbocycles. The molecule has 0 fully saturated rings. The zero-order valence-electron chi connectivity index (χ0n) is 13.4. The maximum Gasteiger partial charge on any atom is 0.343 e. The van der Waals surface area contributed by atoms with Gasteiger partial charge in [0.1, 0.15) is 0 Å². The Kier molecular flexibility index (Phi) is 4.29. The van der Waals surface area contributed by atoms with Crippen LogP contribution in [-0.2, 0) is 6.54 Å². The molecule has 0 radical (unpaired) electrons. The van der Waals surface area contributed by atoms with E-state index in [2.05, 4.69) is 15.5 Å². The average Bonchev–Trinajstić information content (AvgIpc) is 3.01. The minimum absolute atomic E-state index is 0.0259. The molecule has 24 heavy (non-hydrogen) atoms. The van der Waals surface area contributed by atoms with Gasteiger partial charge in [0.05, 0.1) is 0 Å². The summed E-state index contributed by atoms with van der Waals surface area (Å²) in [6, 6.07) is 11.1. The first kappa shape index (κ1) is 15.7. The molecular formula is C18H17N3O3. The third kappa shape index (κ3) is 3.12. The second-order valence-corrected chi connectivity index (χ2v) is 5.51. The van der Waals surface area contributed by atoms with E-state index in [9.17, 15) is 9.90 Å². The number of nitrogens with zero attached hydrogens (tertiary/aromatic N) is 2. The van der Waals surface area contributed by atoms with Crippen molar-refractivity contribution >= 4 is 11.8 Å². The van der Waals surface area contributed by atoms with Gasteiger partial charge in [-0.3, -0.25) is 4.98 Å². The van der Waals surface area contributed by atoms with Crippen LogP contribution in [0, 0.1) is 13.8 Å². The molecule has 0 bridgehead atoms. The monoisotopic (exact) mass is 323 g/mol. The van der Waals surface area contributed by atoms with Gasteiger partial charge in [-0.25, -0.2) is 4.79 Å². The van der Waals surface area contributed by atoms with E-state index in [1.807, 2.05) is 38.1 Å². The number of hydrogen-bond donors (Lipinski definition) is 2. The van der Waals surface area contributed by atoms with Gasteiger partial charge < -0.3 is 14.9 Å². The standard InChI is InChI=1S/C18H17N3O3/c1-11-8-13(9-19-12(11)2)10-20-17-15(18(22)23)16(24-21-17)14-6-4-3-5-7-14/h3-9H,10H2,1-2H3,(H,20,21)(H,22,23). The van der Waals surface area contributed by atoms with Crippen LogP contribution in [0.1, 0.15) is 27.2 Å². The summed E-state index contributed by atoms with van der Waals surface area (Å²) >= 11 is 0. The molecule has 2 aromatic heterocycles. The Morgan fingerprint density at radius 1 is 1.25 bits per heavy atom. The third-order valence-electron chi connectivity index (χ3n) is 3.80. The highest BCUT2D eigenvalue weighted by Crippen LogP contribution is 2.29. The van der Waals surface area contributed by atoms with Gasteiger partial charge in [0.25, 0.3) is 0 Å². The average molecular weight is 323 g/mol. The normalized spacial score (nSPS) is 10.6. The quantitative estimate of drug-likeness (QED) is 0.745. The van der Waals surface area contributed by atoms with Crippen molar-refractivity contribution in [2.24, 2.45) is 0 Å². The first-order valence-corrected chi connectivity index (χ1v) is 7.50. The molecule has 6 heteroatoms. The third-order valence-corrected chi connectivity index (χ3v) is 3.80. The van der Waals surface area contributed by atoms with Crippen LogP contribution in [0.5, 0.6) is 0 Å². The number of carboxylic acids is 1. The fourth-order valence-corrected chi connectivity index (χ4v) is 2.38. The molecular weight excluding hydrogens is 306 g/mol. The SMILES string of the molecule is Cc1cc(CNc2noc(-c3ccccc3)c2C(=O)O)cnc1C. The highest BCUT2D eigenvalue weighted by molar-refractivity contribution is 5.99. The van der Waals surface area contributed by atoms with E-state index >= 15 is 0 Å². The number of anilines is 1. The van der Waals surface area contributed by atoms with E-state index in [4.69, 9.17) is 4.52 Å². The van der Waals surface area contributed by atoms with Crippen molar-refractivity contribution in [3.8, 4) is 11.3 Å². The van der Waals surface area contributed by atoms with Gasteiger partial charge in [-0.15, -0.1) is 0 Å². The number of carboxylic acid groups (broad SMARTS) is 1. The lowest BCUT2D eigenvalue weighted by atomic mass is 10.1. The fraction of sp³-hybridized carbons (Fsp3) is 0.167. The topological polar surface area (TPSA) is 88.2 Å². The molecule has 0 aliphatic carbocycles. The first-order valence-electron chi connectivity index (χ1n) is 7.50. The summed E-state index contributed by atoms with van der Waals surface area (Å²) in [7, 11) is 0. The van der Waals surface area contributed by atoms with E-state index in [1.54, 1.807) is 18.3 Å². The lowest BCUT2D eigenvalue weighted by Gasteiger charge is -2.06. The maximum atomic E-state index is 11.6. The van der Waals surface area contributed by atoms with Gasteiger partial charge in [0.2, 0.25) is 0 Å². The Balaban J connectivity index is 1.87. The Hall–Kier alpha value is -3.15. The maximum absolute atomic E-state index is 11.6. The summed E-state index contributed by atoms with van der Waals surface area (Å²) in [6.45, 7) is 4.34. The number of aromatic nitrogens is 2. The fourth-order valence-electron chi connectivity index (χ4n) is 2.38. The zero-order valence-corrected chi connectivity index (χ0v) is 13.4. The number of hydrogen-bond acceptors (Lipinski definition) is 5. The molecule has 2 N–H and O–H groups in total. The van der Waals surface area contributed by atoms with Gasteiger partial charge >= 0.3 is 5.97 Å².